The predicted molar refractivity (Wildman–Crippen MR) is 122 cm³/mol. The van der Waals surface area contributed by atoms with Crippen LogP contribution in [0.3, 0.4) is 0 Å². The number of carbonyl (C=O) groups is 1. The number of anilines is 1. The van der Waals surface area contributed by atoms with E-state index in [-0.39, 0.29) is 22.8 Å². The number of aromatic nitrogens is 1. The lowest BCUT2D eigenvalue weighted by Gasteiger charge is -2.43. The van der Waals surface area contributed by atoms with Crippen LogP contribution in [0.15, 0.2) is 41.5 Å². The van der Waals surface area contributed by atoms with Gasteiger partial charge in [0.2, 0.25) is 0 Å². The minimum absolute atomic E-state index is 0.0766. The Kier molecular flexibility index (Phi) is 5.87. The SMILES string of the molecule is COc1ccc(C(=O)Nc2ccc(F)c(C3(N)CS(=O)(=O)C4(CCCCC4)C(N)=N3)c2)nc1. The molecular weight excluding hydrogens is 449 g/mol. The molecule has 9 nitrogen and oxygen atoms in total. The van der Waals surface area contributed by atoms with Crippen LogP contribution in [0.4, 0.5) is 10.1 Å². The smallest absolute Gasteiger partial charge is 0.274 e. The van der Waals surface area contributed by atoms with Gasteiger partial charge in [0.05, 0.1) is 19.1 Å². The highest BCUT2D eigenvalue weighted by atomic mass is 32.2. The summed E-state index contributed by atoms with van der Waals surface area (Å²) in [7, 11) is -2.33. The number of halogens is 1. The van der Waals surface area contributed by atoms with E-state index in [0.29, 0.717) is 18.6 Å². The van der Waals surface area contributed by atoms with Crippen molar-refractivity contribution in [2.45, 2.75) is 42.5 Å². The molecule has 1 spiro atoms. The van der Waals surface area contributed by atoms with E-state index in [9.17, 15) is 17.6 Å². The number of aliphatic imine (C=N–C) groups is 1. The molecule has 1 fully saturated rings. The lowest BCUT2D eigenvalue weighted by Crippen LogP contribution is -2.61. The molecule has 2 aliphatic rings. The molecule has 33 heavy (non-hydrogen) atoms. The highest BCUT2D eigenvalue weighted by Gasteiger charge is 2.55. The van der Waals surface area contributed by atoms with E-state index in [1.165, 1.54) is 31.5 Å². The molecule has 1 aromatic carbocycles. The minimum atomic E-state index is -3.81. The summed E-state index contributed by atoms with van der Waals surface area (Å²) in [5.41, 5.74) is 10.8. The van der Waals surface area contributed by atoms with E-state index < -0.39 is 37.7 Å². The van der Waals surface area contributed by atoms with Crippen molar-refractivity contribution in [2.24, 2.45) is 16.5 Å². The van der Waals surface area contributed by atoms with Crippen molar-refractivity contribution in [3.8, 4) is 5.75 Å². The van der Waals surface area contributed by atoms with Gasteiger partial charge in [-0.2, -0.15) is 0 Å². The van der Waals surface area contributed by atoms with Crippen molar-refractivity contribution in [1.82, 2.24) is 4.98 Å². The molecular formula is C22H26FN5O4S. The molecule has 2 aromatic rings. The number of hydrogen-bond acceptors (Lipinski definition) is 8. The van der Waals surface area contributed by atoms with Crippen LogP contribution >= 0.6 is 0 Å². The fourth-order valence-corrected chi connectivity index (χ4v) is 6.88. The van der Waals surface area contributed by atoms with Crippen LogP contribution in [0.5, 0.6) is 5.75 Å². The molecule has 0 radical (unpaired) electrons. The van der Waals surface area contributed by atoms with Crippen LogP contribution in [0.2, 0.25) is 0 Å². The first kappa shape index (κ1) is 23.1. The Hall–Kier alpha value is -3.05. The third-order valence-electron chi connectivity index (χ3n) is 6.35. The number of methoxy groups -OCH3 is 1. The molecule has 0 saturated heterocycles. The summed E-state index contributed by atoms with van der Waals surface area (Å²) in [6.45, 7) is 0. The van der Waals surface area contributed by atoms with Crippen molar-refractivity contribution in [3.63, 3.8) is 0 Å². The maximum atomic E-state index is 14.8. The van der Waals surface area contributed by atoms with E-state index >= 15 is 0 Å². The summed E-state index contributed by atoms with van der Waals surface area (Å²) < 4.78 is 45.2. The van der Waals surface area contributed by atoms with E-state index in [1.807, 2.05) is 0 Å². The van der Waals surface area contributed by atoms with Gasteiger partial charge in [-0.3, -0.25) is 4.79 Å². The fourth-order valence-electron chi connectivity index (χ4n) is 4.53. The molecule has 1 saturated carbocycles. The maximum Gasteiger partial charge on any atom is 0.274 e. The van der Waals surface area contributed by atoms with Gasteiger partial charge >= 0.3 is 0 Å². The number of amides is 1. The number of ether oxygens (including phenoxy) is 1. The van der Waals surface area contributed by atoms with Crippen molar-refractivity contribution in [1.29, 1.82) is 0 Å². The van der Waals surface area contributed by atoms with Crippen LogP contribution in [-0.4, -0.2) is 42.8 Å². The van der Waals surface area contributed by atoms with E-state index in [0.717, 1.165) is 25.3 Å². The Bertz CT molecular complexity index is 1210. The summed E-state index contributed by atoms with van der Waals surface area (Å²) in [6.07, 6.45) is 4.54. The number of pyridine rings is 1. The first-order valence-corrected chi connectivity index (χ1v) is 12.2. The normalized spacial score (nSPS) is 23.5. The fraction of sp³-hybridized carbons (Fsp3) is 0.409. The zero-order valence-corrected chi connectivity index (χ0v) is 19.0. The number of nitrogens with two attached hydrogens (primary N) is 2. The average molecular weight is 476 g/mol. The highest BCUT2D eigenvalue weighted by molar-refractivity contribution is 7.93. The average Bonchev–Trinajstić information content (AvgIpc) is 2.79. The van der Waals surface area contributed by atoms with Gasteiger partial charge in [0.1, 0.15) is 27.8 Å². The van der Waals surface area contributed by atoms with Crippen molar-refractivity contribution < 1.29 is 22.3 Å². The highest BCUT2D eigenvalue weighted by Crippen LogP contribution is 2.43. The lowest BCUT2D eigenvalue weighted by atomic mass is 9.86. The number of carbonyl (C=O) groups excluding carboxylic acids is 1. The minimum Gasteiger partial charge on any atom is -0.495 e. The Morgan fingerprint density at radius 3 is 2.52 bits per heavy atom. The Morgan fingerprint density at radius 1 is 1.18 bits per heavy atom. The number of amidine groups is 1. The summed E-state index contributed by atoms with van der Waals surface area (Å²) in [6, 6.07) is 6.78. The second-order valence-corrected chi connectivity index (χ2v) is 10.8. The topological polar surface area (TPSA) is 150 Å². The quantitative estimate of drug-likeness (QED) is 0.613. The van der Waals surface area contributed by atoms with Gasteiger partial charge in [0, 0.05) is 11.3 Å². The van der Waals surface area contributed by atoms with Gasteiger partial charge in [0.25, 0.3) is 5.91 Å². The molecule has 11 heteroatoms. The summed E-state index contributed by atoms with van der Waals surface area (Å²) in [4.78, 5) is 20.9. The molecule has 176 valence electrons. The first-order chi connectivity index (χ1) is 15.6. The van der Waals surface area contributed by atoms with Crippen LogP contribution in [0.25, 0.3) is 0 Å². The predicted octanol–water partition coefficient (Wildman–Crippen LogP) is 2.08. The van der Waals surface area contributed by atoms with Gasteiger partial charge in [-0.1, -0.05) is 19.3 Å². The molecule has 4 rings (SSSR count). The molecule has 0 bridgehead atoms. The third-order valence-corrected chi connectivity index (χ3v) is 8.98. The zero-order chi connectivity index (χ0) is 23.9. The largest absolute Gasteiger partial charge is 0.495 e. The number of sulfone groups is 1. The van der Waals surface area contributed by atoms with Crippen LogP contribution < -0.4 is 21.5 Å². The monoisotopic (exact) mass is 475 g/mol. The number of benzene rings is 1. The number of nitrogens with one attached hydrogen (secondary N) is 1. The van der Waals surface area contributed by atoms with E-state index in [4.69, 9.17) is 16.2 Å². The van der Waals surface area contributed by atoms with Gasteiger partial charge < -0.3 is 21.5 Å². The second kappa shape index (κ2) is 8.38. The third kappa shape index (κ3) is 4.06. The van der Waals surface area contributed by atoms with Crippen LogP contribution in [0.1, 0.15) is 48.2 Å². The second-order valence-electron chi connectivity index (χ2n) is 8.47. The van der Waals surface area contributed by atoms with Crippen molar-refractivity contribution in [3.05, 3.63) is 53.6 Å². The summed E-state index contributed by atoms with van der Waals surface area (Å²) in [5.74, 6) is -1.45. The number of nitrogens with zero attached hydrogens (tertiary/aromatic N) is 2. The molecule has 1 aliphatic heterocycles. The van der Waals surface area contributed by atoms with Gasteiger partial charge in [-0.25, -0.2) is 22.8 Å². The molecule has 2 heterocycles. The molecule has 1 aromatic heterocycles. The molecule has 5 N–H and O–H groups in total. The standard InChI is InChI=1S/C22H26FN5O4S/c1-32-15-6-8-18(26-12-15)19(29)27-14-5-7-17(23)16(11-14)22(25)13-33(30,31)21(20(24)28-22)9-3-2-4-10-21/h5-8,11-12H,2-4,9-10,13,25H2,1H3,(H2,24,28)(H,27,29). The molecule has 1 amide bonds. The Labute approximate surface area is 191 Å². The van der Waals surface area contributed by atoms with Crippen molar-refractivity contribution in [2.75, 3.05) is 18.2 Å². The van der Waals surface area contributed by atoms with Crippen LogP contribution in [-0.2, 0) is 15.5 Å². The van der Waals surface area contributed by atoms with Gasteiger partial charge in [-0.05, 0) is 43.2 Å². The summed E-state index contributed by atoms with van der Waals surface area (Å²) in [5, 5.41) is 2.61. The van der Waals surface area contributed by atoms with Crippen molar-refractivity contribution >= 4 is 27.3 Å². The van der Waals surface area contributed by atoms with Gasteiger partial charge in [0.15, 0.2) is 15.5 Å². The molecule has 1 atom stereocenters. The molecule has 1 aliphatic carbocycles. The van der Waals surface area contributed by atoms with E-state index in [2.05, 4.69) is 15.3 Å². The van der Waals surface area contributed by atoms with Crippen LogP contribution in [0, 0.1) is 5.82 Å². The Balaban J connectivity index is 1.66. The summed E-state index contributed by atoms with van der Waals surface area (Å²) >= 11 is 0. The lowest BCUT2D eigenvalue weighted by molar-refractivity contribution is 0.102. The number of hydrogen-bond donors (Lipinski definition) is 3. The maximum absolute atomic E-state index is 14.8. The van der Waals surface area contributed by atoms with Gasteiger partial charge in [-0.15, -0.1) is 0 Å². The zero-order valence-electron chi connectivity index (χ0n) is 18.2. The first-order valence-electron chi connectivity index (χ1n) is 10.6. The van der Waals surface area contributed by atoms with E-state index in [1.54, 1.807) is 6.07 Å². The number of rotatable bonds is 4. The Morgan fingerprint density at radius 2 is 1.91 bits per heavy atom. The molecule has 1 unspecified atom stereocenters.